The predicted molar refractivity (Wildman–Crippen MR) is 372 cm³/mol. The highest BCUT2D eigenvalue weighted by Gasteiger charge is 2.24. The van der Waals surface area contributed by atoms with Gasteiger partial charge in [-0.2, -0.15) is 4.57 Å². The van der Waals surface area contributed by atoms with E-state index in [4.69, 9.17) is 0 Å². The van der Waals surface area contributed by atoms with E-state index in [2.05, 4.69) is 89.4 Å². The molecule has 0 aliphatic rings. The van der Waals surface area contributed by atoms with Gasteiger partial charge in [0.1, 0.15) is 41.4 Å². The fraction of sp³-hybridized carbons (Fsp3) is 0.0732. The molecule has 0 saturated heterocycles. The molecule has 6 heterocycles. The van der Waals surface area contributed by atoms with Gasteiger partial charge < -0.3 is 9.79 Å². The molecule has 0 saturated carbocycles. The smallest absolute Gasteiger partial charge is 0.320 e. The summed E-state index contributed by atoms with van der Waals surface area (Å²) in [6.07, 6.45) is 15.9. The van der Waals surface area contributed by atoms with Crippen LogP contribution in [0.3, 0.4) is 0 Å². The van der Waals surface area contributed by atoms with Gasteiger partial charge in [-0.05, 0) is 85.8 Å². The Morgan fingerprint density at radius 3 is 0.740 bits per heavy atom. The Bertz CT molecular complexity index is 5300. The predicted octanol–water partition coefficient (Wildman–Crippen LogP) is 17.5. The maximum atomic E-state index is 15.4. The SMILES string of the molecule is CC[n+]1ccc(-c2ccc(-c3ccc(-c4cc(-c5ccc(-c6cc[n+](CCC[n+]7ccc(-c8ccc(-c9cc(-c%10ccc(-c%11ccc(-c%12cc[n+](CP(=O)(O)O)cc%12)cc%11)cc%10)nc(-c%10c(F)cc(F)cc%10F)n9)cc8)cc7)cc6)cc5)nc(-c5c(F)cc(F)cc5F)n4)cc3)cc2)cc1. The summed E-state index contributed by atoms with van der Waals surface area (Å²) in [5, 5.41) is 0. The van der Waals surface area contributed by atoms with Crippen LogP contribution in [-0.2, 0) is 30.5 Å². The number of hydrogen-bond donors (Lipinski definition) is 2. The van der Waals surface area contributed by atoms with Gasteiger partial charge in [0.05, 0.1) is 40.3 Å². The average molecular weight is 1350 g/mol. The second kappa shape index (κ2) is 28.4. The zero-order chi connectivity index (χ0) is 69.0. The van der Waals surface area contributed by atoms with E-state index in [0.29, 0.717) is 69.3 Å². The van der Waals surface area contributed by atoms with E-state index >= 15 is 17.6 Å². The third-order valence-corrected chi connectivity index (χ3v) is 18.2. The van der Waals surface area contributed by atoms with Crippen molar-refractivity contribution in [2.75, 3.05) is 0 Å². The van der Waals surface area contributed by atoms with Gasteiger partial charge >= 0.3 is 7.60 Å². The van der Waals surface area contributed by atoms with Gasteiger partial charge in [0.15, 0.2) is 74.3 Å². The Morgan fingerprint density at radius 1 is 0.300 bits per heavy atom. The molecule has 14 rings (SSSR count). The van der Waals surface area contributed by atoms with Gasteiger partial charge in [-0.25, -0.2) is 60.0 Å². The van der Waals surface area contributed by atoms with Crippen molar-refractivity contribution in [1.29, 1.82) is 0 Å². The third kappa shape index (κ3) is 14.9. The van der Waals surface area contributed by atoms with Crippen LogP contribution in [0, 0.1) is 34.9 Å². The summed E-state index contributed by atoms with van der Waals surface area (Å²) in [5.74, 6) is -7.04. The van der Waals surface area contributed by atoms with Crippen molar-refractivity contribution in [3.8, 4) is 135 Å². The number of nitrogens with zero attached hydrogens (tertiary/aromatic N) is 8. The second-order valence-corrected chi connectivity index (χ2v) is 25.8. The van der Waals surface area contributed by atoms with Crippen molar-refractivity contribution in [1.82, 2.24) is 19.9 Å². The Labute approximate surface area is 572 Å². The standard InChI is InChI=1S/C82H59F6N8O3P/c1-2-93-38-28-61(29-39-93)57-8-4-53(5-9-57)55-12-20-65(21-13-55)75-50-77(91-81(89-75)79-71(85)46-69(83)47-72(79)86)67-24-16-59(17-25-67)62-30-40-94(41-31-62)36-3-37-95-42-32-63(33-43-95)60-18-26-68(27-19-60)78-51-76(90-82(92-78)80-73(87)48-70(84)49-74(80)88)66-22-14-56(15-23-66)54-6-10-58(11-7-54)64-34-44-96(45-35-64)52-100(97,98)99/h4-35,38-51H,2-3,36-37,52H2,1H3/q+2/p+2. The summed E-state index contributed by atoms with van der Waals surface area (Å²) >= 11 is 0. The fourth-order valence-electron chi connectivity index (χ4n) is 12.1. The van der Waals surface area contributed by atoms with Gasteiger partial charge in [-0.1, -0.05) is 146 Å². The summed E-state index contributed by atoms with van der Waals surface area (Å²) < 4.78 is 109. The second-order valence-electron chi connectivity index (χ2n) is 24.2. The maximum Gasteiger partial charge on any atom is 0.390 e. The van der Waals surface area contributed by atoms with Crippen LogP contribution < -0.4 is 18.3 Å². The Kier molecular flexibility index (Phi) is 18.6. The first-order chi connectivity index (χ1) is 48.5. The first-order valence-electron chi connectivity index (χ1n) is 32.2. The van der Waals surface area contributed by atoms with E-state index in [-0.39, 0.29) is 11.6 Å². The molecule has 0 bridgehead atoms. The molecule has 0 aliphatic carbocycles. The van der Waals surface area contributed by atoms with E-state index in [9.17, 15) is 23.1 Å². The van der Waals surface area contributed by atoms with Crippen LogP contribution in [0.2, 0.25) is 0 Å². The molecule has 0 unspecified atom stereocenters. The minimum Gasteiger partial charge on any atom is -0.320 e. The largest absolute Gasteiger partial charge is 0.390 e. The average Bonchev–Trinajstić information content (AvgIpc) is 0.789. The summed E-state index contributed by atoms with van der Waals surface area (Å²) in [5.41, 5.74) is 14.9. The highest BCUT2D eigenvalue weighted by Crippen LogP contribution is 2.37. The Morgan fingerprint density at radius 2 is 0.510 bits per heavy atom. The van der Waals surface area contributed by atoms with Crippen LogP contribution in [0.25, 0.3) is 135 Å². The van der Waals surface area contributed by atoms with Crippen molar-refractivity contribution in [2.45, 2.75) is 39.3 Å². The molecule has 0 fully saturated rings. The van der Waals surface area contributed by atoms with Crippen molar-refractivity contribution in [3.63, 3.8) is 0 Å². The molecular weight excluding hydrogens is 1290 g/mol. The van der Waals surface area contributed by atoms with E-state index in [1.807, 2.05) is 170 Å². The number of benzene rings is 8. The molecule has 6 aromatic heterocycles. The number of hydrogen-bond acceptors (Lipinski definition) is 5. The molecule has 14 aromatic rings. The molecular formula is C82H61F6N8O3P+4. The first kappa shape index (κ1) is 65.5. The van der Waals surface area contributed by atoms with Gasteiger partial charge in [0.25, 0.3) is 0 Å². The van der Waals surface area contributed by atoms with E-state index in [1.165, 1.54) is 4.57 Å². The van der Waals surface area contributed by atoms with Crippen molar-refractivity contribution in [2.24, 2.45) is 0 Å². The van der Waals surface area contributed by atoms with Crippen LogP contribution in [-0.4, -0.2) is 29.7 Å². The van der Waals surface area contributed by atoms with E-state index in [1.54, 1.807) is 36.7 Å². The van der Waals surface area contributed by atoms with Crippen molar-refractivity contribution >= 4 is 7.60 Å². The molecule has 2 N–H and O–H groups in total. The monoisotopic (exact) mass is 1350 g/mol. The Balaban J connectivity index is 0.623. The van der Waals surface area contributed by atoms with E-state index < -0.39 is 59.9 Å². The summed E-state index contributed by atoms with van der Waals surface area (Å²) in [6.45, 7) is 4.51. The zero-order valence-corrected chi connectivity index (χ0v) is 54.6. The molecule has 0 aliphatic heterocycles. The molecule has 0 amide bonds. The number of aromatic nitrogens is 8. The van der Waals surface area contributed by atoms with Crippen LogP contribution in [0.4, 0.5) is 26.3 Å². The minimum atomic E-state index is -4.22. The molecule has 0 atom stereocenters. The van der Waals surface area contributed by atoms with Crippen molar-refractivity contribution < 1.29 is 59.0 Å². The lowest BCUT2D eigenvalue weighted by atomic mass is 9.99. The number of aryl methyl sites for hydroxylation is 3. The summed E-state index contributed by atoms with van der Waals surface area (Å²) in [4.78, 5) is 37.2. The lowest BCUT2D eigenvalue weighted by Crippen LogP contribution is -2.38. The zero-order valence-electron chi connectivity index (χ0n) is 53.7. The molecule has 0 radical (unpaired) electrons. The minimum absolute atomic E-state index is 0.210. The molecule has 0 spiro atoms. The van der Waals surface area contributed by atoms with Crippen molar-refractivity contribution in [3.05, 3.63) is 315 Å². The lowest BCUT2D eigenvalue weighted by Gasteiger charge is -2.12. The van der Waals surface area contributed by atoms with Gasteiger partial charge in [0, 0.05) is 95.1 Å². The fourth-order valence-corrected chi connectivity index (χ4v) is 12.7. The normalized spacial score (nSPS) is 11.5. The number of halogens is 6. The Hall–Kier alpha value is -11.8. The van der Waals surface area contributed by atoms with Crippen LogP contribution in [0.5, 0.6) is 0 Å². The molecule has 100 heavy (non-hydrogen) atoms. The van der Waals surface area contributed by atoms with Gasteiger partial charge in [0.2, 0.25) is 6.29 Å². The molecule has 8 aromatic carbocycles. The summed E-state index contributed by atoms with van der Waals surface area (Å²) in [6, 6.07) is 68.9. The topological polar surface area (TPSA) is 125 Å². The summed E-state index contributed by atoms with van der Waals surface area (Å²) in [7, 11) is -4.22. The van der Waals surface area contributed by atoms with Crippen LogP contribution in [0.1, 0.15) is 13.3 Å². The lowest BCUT2D eigenvalue weighted by molar-refractivity contribution is -0.726. The first-order valence-corrected chi connectivity index (χ1v) is 34.0. The van der Waals surface area contributed by atoms with Gasteiger partial charge in [-0.15, -0.1) is 0 Å². The van der Waals surface area contributed by atoms with Crippen LogP contribution >= 0.6 is 7.60 Å². The highest BCUT2D eigenvalue weighted by atomic mass is 31.2. The molecule has 490 valence electrons. The van der Waals surface area contributed by atoms with Crippen LogP contribution in [0.15, 0.2) is 280 Å². The van der Waals surface area contributed by atoms with Gasteiger partial charge in [-0.3, -0.25) is 4.57 Å². The molecule has 18 heteroatoms. The highest BCUT2D eigenvalue weighted by molar-refractivity contribution is 7.50. The molecule has 11 nitrogen and oxygen atoms in total. The third-order valence-electron chi connectivity index (χ3n) is 17.5. The number of rotatable bonds is 19. The maximum absolute atomic E-state index is 15.4. The van der Waals surface area contributed by atoms with E-state index in [0.717, 1.165) is 92.8 Å². The number of pyridine rings is 4. The quantitative estimate of drug-likeness (QED) is 0.0469.